The molecule has 0 aliphatic carbocycles. The van der Waals surface area contributed by atoms with E-state index in [1.165, 1.54) is 20.8 Å². The van der Waals surface area contributed by atoms with Gasteiger partial charge in [-0.15, -0.1) is 0 Å². The summed E-state index contributed by atoms with van der Waals surface area (Å²) in [5.74, 6) is -3.25. The van der Waals surface area contributed by atoms with Crippen LogP contribution in [0.2, 0.25) is 0 Å². The largest absolute Gasteiger partial charge is 0.445 e. The van der Waals surface area contributed by atoms with Gasteiger partial charge in [0.05, 0.1) is 0 Å². The third-order valence-electron chi connectivity index (χ3n) is 3.51. The minimum absolute atomic E-state index is 0.0974. The van der Waals surface area contributed by atoms with Gasteiger partial charge in [-0.25, -0.2) is 0 Å². The van der Waals surface area contributed by atoms with Crippen LogP contribution in [0, 0.1) is 0 Å². The van der Waals surface area contributed by atoms with Crippen molar-refractivity contribution in [1.82, 2.24) is 20.9 Å². The van der Waals surface area contributed by atoms with Crippen LogP contribution in [-0.4, -0.2) is 65.8 Å². The predicted octanol–water partition coefficient (Wildman–Crippen LogP) is -2.05. The first-order valence-corrected chi connectivity index (χ1v) is 8.16. The molecule has 2 atom stereocenters. The van der Waals surface area contributed by atoms with Crippen molar-refractivity contribution in [1.29, 1.82) is 0 Å². The van der Waals surface area contributed by atoms with Gasteiger partial charge in [-0.2, -0.15) is 0 Å². The second-order valence-electron chi connectivity index (χ2n) is 5.75. The van der Waals surface area contributed by atoms with Crippen LogP contribution >= 0.6 is 0 Å². The zero-order valence-corrected chi connectivity index (χ0v) is 15.2. The molecule has 148 valence electrons. The molecule has 0 radical (unpaired) electrons. The SMILES string of the molecule is CC(=O)OCNC(=O)[C@H](C)NC(=O)[C@H](C)NC(=O)CCN1C(=O)C=CC1=O. The van der Waals surface area contributed by atoms with Crippen molar-refractivity contribution in [3.05, 3.63) is 12.2 Å². The number of esters is 1. The summed E-state index contributed by atoms with van der Waals surface area (Å²) in [4.78, 5) is 69.9. The molecule has 0 saturated carbocycles. The van der Waals surface area contributed by atoms with Gasteiger partial charge in [0.25, 0.3) is 11.8 Å². The van der Waals surface area contributed by atoms with E-state index >= 15 is 0 Å². The van der Waals surface area contributed by atoms with Crippen molar-refractivity contribution in [3.8, 4) is 0 Å². The number of nitrogens with zero attached hydrogens (tertiary/aromatic N) is 1. The van der Waals surface area contributed by atoms with Crippen molar-refractivity contribution < 1.29 is 33.5 Å². The monoisotopic (exact) mass is 382 g/mol. The van der Waals surface area contributed by atoms with Crippen molar-refractivity contribution in [2.75, 3.05) is 13.3 Å². The molecule has 5 amide bonds. The minimum atomic E-state index is -0.940. The van der Waals surface area contributed by atoms with E-state index in [1.54, 1.807) is 0 Å². The highest BCUT2D eigenvalue weighted by molar-refractivity contribution is 6.13. The van der Waals surface area contributed by atoms with Gasteiger partial charge in [0.15, 0.2) is 6.73 Å². The number of carbonyl (C=O) groups excluding carboxylic acids is 6. The van der Waals surface area contributed by atoms with E-state index in [0.29, 0.717) is 0 Å². The second kappa shape index (κ2) is 10.0. The average Bonchev–Trinajstić information content (AvgIpc) is 2.90. The lowest BCUT2D eigenvalue weighted by Crippen LogP contribution is -2.52. The van der Waals surface area contributed by atoms with E-state index in [-0.39, 0.29) is 19.7 Å². The van der Waals surface area contributed by atoms with Crippen LogP contribution in [0.5, 0.6) is 0 Å². The number of amides is 5. The zero-order valence-electron chi connectivity index (χ0n) is 15.2. The summed E-state index contributed by atoms with van der Waals surface area (Å²) in [5.41, 5.74) is 0. The molecule has 0 aromatic carbocycles. The first kappa shape index (κ1) is 21.8. The molecule has 1 rings (SSSR count). The molecule has 0 aromatic heterocycles. The van der Waals surface area contributed by atoms with E-state index < -0.39 is 47.6 Å². The number of carbonyl (C=O) groups is 6. The molecule has 11 nitrogen and oxygen atoms in total. The Kier molecular flexibility index (Phi) is 8.11. The van der Waals surface area contributed by atoms with Gasteiger partial charge in [-0.1, -0.05) is 0 Å². The minimum Gasteiger partial charge on any atom is -0.445 e. The molecule has 0 unspecified atom stereocenters. The van der Waals surface area contributed by atoms with Crippen LogP contribution in [-0.2, 0) is 33.5 Å². The zero-order chi connectivity index (χ0) is 20.6. The Morgan fingerprint density at radius 3 is 2.11 bits per heavy atom. The van der Waals surface area contributed by atoms with Gasteiger partial charge in [-0.05, 0) is 13.8 Å². The van der Waals surface area contributed by atoms with Gasteiger partial charge >= 0.3 is 5.97 Å². The molecule has 0 spiro atoms. The lowest BCUT2D eigenvalue weighted by atomic mass is 10.2. The highest BCUT2D eigenvalue weighted by atomic mass is 16.5. The van der Waals surface area contributed by atoms with Crippen LogP contribution < -0.4 is 16.0 Å². The Morgan fingerprint density at radius 1 is 1.00 bits per heavy atom. The summed E-state index contributed by atoms with van der Waals surface area (Å²) in [6, 6.07) is -1.86. The molecular formula is C16H22N4O7. The van der Waals surface area contributed by atoms with Gasteiger partial charge in [-0.3, -0.25) is 33.7 Å². The maximum atomic E-state index is 12.0. The summed E-state index contributed by atoms with van der Waals surface area (Å²) in [6.45, 7) is 3.62. The lowest BCUT2D eigenvalue weighted by Gasteiger charge is -2.19. The van der Waals surface area contributed by atoms with Crippen molar-refractivity contribution >= 4 is 35.5 Å². The fourth-order valence-corrected chi connectivity index (χ4v) is 2.01. The second-order valence-corrected chi connectivity index (χ2v) is 5.75. The van der Waals surface area contributed by atoms with Crippen LogP contribution in [0.25, 0.3) is 0 Å². The molecule has 0 aromatic rings. The number of imide groups is 1. The van der Waals surface area contributed by atoms with Gasteiger partial charge in [0, 0.05) is 32.0 Å². The summed E-state index contributed by atoms with van der Waals surface area (Å²) < 4.78 is 4.55. The van der Waals surface area contributed by atoms with Crippen molar-refractivity contribution in [3.63, 3.8) is 0 Å². The predicted molar refractivity (Wildman–Crippen MR) is 90.5 cm³/mol. The van der Waals surface area contributed by atoms with E-state index in [1.807, 2.05) is 0 Å². The van der Waals surface area contributed by atoms with Gasteiger partial charge < -0.3 is 20.7 Å². The van der Waals surface area contributed by atoms with E-state index in [2.05, 4.69) is 20.7 Å². The Bertz CT molecular complexity index is 656. The first-order chi connectivity index (χ1) is 12.6. The molecule has 1 aliphatic heterocycles. The Morgan fingerprint density at radius 2 is 1.56 bits per heavy atom. The van der Waals surface area contributed by atoms with Gasteiger partial charge in [0.2, 0.25) is 17.7 Å². The van der Waals surface area contributed by atoms with Gasteiger partial charge in [0.1, 0.15) is 12.1 Å². The smallest absolute Gasteiger partial charge is 0.304 e. The molecule has 1 aliphatic rings. The third-order valence-corrected chi connectivity index (χ3v) is 3.51. The summed E-state index contributed by atoms with van der Waals surface area (Å²) in [7, 11) is 0. The number of rotatable bonds is 9. The highest BCUT2D eigenvalue weighted by Crippen LogP contribution is 2.04. The molecular weight excluding hydrogens is 360 g/mol. The summed E-state index contributed by atoms with van der Waals surface area (Å²) >= 11 is 0. The van der Waals surface area contributed by atoms with E-state index in [9.17, 15) is 28.8 Å². The number of hydrogen-bond donors (Lipinski definition) is 3. The normalized spacial score (nSPS) is 15.1. The molecule has 11 heteroatoms. The van der Waals surface area contributed by atoms with Crippen LogP contribution in [0.15, 0.2) is 12.2 Å². The Balaban J connectivity index is 2.34. The maximum Gasteiger partial charge on any atom is 0.304 e. The first-order valence-electron chi connectivity index (χ1n) is 8.16. The number of hydrogen-bond acceptors (Lipinski definition) is 7. The highest BCUT2D eigenvalue weighted by Gasteiger charge is 2.25. The fraction of sp³-hybridized carbons (Fsp3) is 0.500. The van der Waals surface area contributed by atoms with E-state index in [4.69, 9.17) is 0 Å². The molecule has 0 fully saturated rings. The molecule has 3 N–H and O–H groups in total. The molecule has 27 heavy (non-hydrogen) atoms. The lowest BCUT2D eigenvalue weighted by molar-refractivity contribution is -0.143. The van der Waals surface area contributed by atoms with Crippen LogP contribution in [0.3, 0.4) is 0 Å². The van der Waals surface area contributed by atoms with E-state index in [0.717, 1.165) is 17.1 Å². The number of ether oxygens (including phenoxy) is 1. The Labute approximate surface area is 155 Å². The molecule has 0 saturated heterocycles. The maximum absolute atomic E-state index is 12.0. The third kappa shape index (κ3) is 7.26. The summed E-state index contributed by atoms with van der Waals surface area (Å²) in [6.07, 6.45) is 2.07. The molecule has 1 heterocycles. The fourth-order valence-electron chi connectivity index (χ4n) is 2.01. The Hall–Kier alpha value is -3.24. The van der Waals surface area contributed by atoms with Crippen LogP contribution in [0.1, 0.15) is 27.2 Å². The summed E-state index contributed by atoms with van der Waals surface area (Å²) in [5, 5.41) is 7.11. The van der Waals surface area contributed by atoms with Crippen molar-refractivity contribution in [2.45, 2.75) is 39.3 Å². The van der Waals surface area contributed by atoms with Crippen LogP contribution in [0.4, 0.5) is 0 Å². The van der Waals surface area contributed by atoms with Crippen molar-refractivity contribution in [2.24, 2.45) is 0 Å². The standard InChI is InChI=1S/C16H22N4O7/c1-9(15(25)17-8-27-11(3)21)19-16(26)10(2)18-12(22)6-7-20-13(23)4-5-14(20)24/h4-5,9-10H,6-8H2,1-3H3,(H,17,25)(H,18,22)(H,19,26)/t9-,10-/m0/s1. The number of nitrogens with one attached hydrogen (secondary N) is 3. The topological polar surface area (TPSA) is 151 Å². The average molecular weight is 382 g/mol. The molecule has 0 bridgehead atoms. The quantitative estimate of drug-likeness (QED) is 0.236.